The third-order valence-corrected chi connectivity index (χ3v) is 4.97. The summed E-state index contributed by atoms with van der Waals surface area (Å²) in [5.41, 5.74) is 2.59. The van der Waals surface area contributed by atoms with Gasteiger partial charge in [0.05, 0.1) is 12.1 Å². The Morgan fingerprint density at radius 3 is 2.32 bits per heavy atom. The van der Waals surface area contributed by atoms with Crippen molar-refractivity contribution in [2.45, 2.75) is 32.9 Å². The number of halogens is 1. The van der Waals surface area contributed by atoms with Gasteiger partial charge in [-0.2, -0.15) is 0 Å². The number of likely N-dealkylation sites (N-methyl/N-ethyl adjacent to an activating group) is 1. The summed E-state index contributed by atoms with van der Waals surface area (Å²) in [5, 5.41) is 11.2. The minimum Gasteiger partial charge on any atom is -0.484 e. The SMILES string of the molecule is Cc1cc(OCC(=O)N(C)C(C)C(O)c2ccccc2)cc(C)c1Cl. The molecule has 0 aliphatic carbocycles. The van der Waals surface area contributed by atoms with Gasteiger partial charge in [-0.3, -0.25) is 4.79 Å². The quantitative estimate of drug-likeness (QED) is 0.848. The average Bonchev–Trinajstić information content (AvgIpc) is 2.62. The zero-order valence-electron chi connectivity index (χ0n) is 15.0. The summed E-state index contributed by atoms with van der Waals surface area (Å²) in [4.78, 5) is 13.9. The van der Waals surface area contributed by atoms with Crippen LogP contribution in [0.15, 0.2) is 42.5 Å². The van der Waals surface area contributed by atoms with E-state index in [1.807, 2.05) is 63.2 Å². The fraction of sp³-hybridized carbons (Fsp3) is 0.350. The average molecular weight is 362 g/mol. The molecule has 1 amide bonds. The normalized spacial score (nSPS) is 13.2. The van der Waals surface area contributed by atoms with Gasteiger partial charge in [0.25, 0.3) is 5.91 Å². The van der Waals surface area contributed by atoms with Crippen LogP contribution in [0.5, 0.6) is 5.75 Å². The Morgan fingerprint density at radius 2 is 1.76 bits per heavy atom. The lowest BCUT2D eigenvalue weighted by Crippen LogP contribution is -2.41. The third kappa shape index (κ3) is 4.74. The number of carbonyl (C=O) groups is 1. The minimum absolute atomic E-state index is 0.0944. The van der Waals surface area contributed by atoms with Crippen LogP contribution < -0.4 is 4.74 Å². The molecule has 25 heavy (non-hydrogen) atoms. The molecule has 1 N–H and O–H groups in total. The molecule has 0 heterocycles. The number of aryl methyl sites for hydroxylation is 2. The van der Waals surface area contributed by atoms with Crippen molar-refractivity contribution >= 4 is 17.5 Å². The number of hydrogen-bond acceptors (Lipinski definition) is 3. The van der Waals surface area contributed by atoms with Crippen molar-refractivity contribution in [1.29, 1.82) is 0 Å². The summed E-state index contributed by atoms with van der Waals surface area (Å²) >= 11 is 6.14. The number of nitrogens with zero attached hydrogens (tertiary/aromatic N) is 1. The van der Waals surface area contributed by atoms with E-state index in [9.17, 15) is 9.90 Å². The van der Waals surface area contributed by atoms with E-state index in [0.29, 0.717) is 10.8 Å². The summed E-state index contributed by atoms with van der Waals surface area (Å²) in [6.45, 7) is 5.51. The number of amides is 1. The largest absolute Gasteiger partial charge is 0.484 e. The first-order chi connectivity index (χ1) is 11.8. The number of aliphatic hydroxyl groups is 1. The molecule has 2 unspecified atom stereocenters. The molecule has 0 saturated heterocycles. The lowest BCUT2D eigenvalue weighted by atomic mass is 10.0. The number of rotatable bonds is 6. The van der Waals surface area contributed by atoms with Crippen molar-refractivity contribution in [2.24, 2.45) is 0 Å². The smallest absolute Gasteiger partial charge is 0.260 e. The van der Waals surface area contributed by atoms with Crippen molar-refractivity contribution in [1.82, 2.24) is 4.90 Å². The van der Waals surface area contributed by atoms with Gasteiger partial charge in [0.15, 0.2) is 6.61 Å². The summed E-state index contributed by atoms with van der Waals surface area (Å²) in [5.74, 6) is 0.408. The third-order valence-electron chi connectivity index (χ3n) is 4.37. The Labute approximate surface area is 154 Å². The second-order valence-electron chi connectivity index (χ2n) is 6.26. The zero-order chi connectivity index (χ0) is 18.6. The van der Waals surface area contributed by atoms with E-state index < -0.39 is 6.10 Å². The molecular weight excluding hydrogens is 338 g/mol. The van der Waals surface area contributed by atoms with E-state index in [2.05, 4.69) is 0 Å². The number of carbonyl (C=O) groups excluding carboxylic acids is 1. The predicted octanol–water partition coefficient (Wildman–Crippen LogP) is 3.92. The van der Waals surface area contributed by atoms with E-state index in [1.165, 1.54) is 4.90 Å². The van der Waals surface area contributed by atoms with Crippen LogP contribution in [0.3, 0.4) is 0 Å². The Bertz CT molecular complexity index is 710. The monoisotopic (exact) mass is 361 g/mol. The molecule has 0 aliphatic rings. The maximum absolute atomic E-state index is 12.4. The van der Waals surface area contributed by atoms with Crippen molar-refractivity contribution < 1.29 is 14.6 Å². The lowest BCUT2D eigenvalue weighted by molar-refractivity contribution is -0.136. The van der Waals surface area contributed by atoms with E-state index in [-0.39, 0.29) is 18.6 Å². The van der Waals surface area contributed by atoms with Crippen molar-refractivity contribution in [2.75, 3.05) is 13.7 Å². The highest BCUT2D eigenvalue weighted by Crippen LogP contribution is 2.26. The van der Waals surface area contributed by atoms with Gasteiger partial charge in [0, 0.05) is 12.1 Å². The topological polar surface area (TPSA) is 49.8 Å². The Balaban J connectivity index is 1.98. The van der Waals surface area contributed by atoms with E-state index >= 15 is 0 Å². The van der Waals surface area contributed by atoms with Crippen LogP contribution in [-0.4, -0.2) is 35.6 Å². The van der Waals surface area contributed by atoms with Crippen LogP contribution in [0.1, 0.15) is 29.7 Å². The molecule has 0 bridgehead atoms. The van der Waals surface area contributed by atoms with Gasteiger partial charge in [-0.25, -0.2) is 0 Å². The zero-order valence-corrected chi connectivity index (χ0v) is 15.7. The van der Waals surface area contributed by atoms with Crippen LogP contribution in [0, 0.1) is 13.8 Å². The predicted molar refractivity (Wildman–Crippen MR) is 100 cm³/mol. The first-order valence-electron chi connectivity index (χ1n) is 8.19. The maximum atomic E-state index is 12.4. The molecule has 2 rings (SSSR count). The Hall–Kier alpha value is -2.04. The van der Waals surface area contributed by atoms with Crippen LogP contribution in [0.25, 0.3) is 0 Å². The van der Waals surface area contributed by atoms with Gasteiger partial charge in [-0.15, -0.1) is 0 Å². The highest BCUT2D eigenvalue weighted by molar-refractivity contribution is 6.32. The van der Waals surface area contributed by atoms with Crippen LogP contribution >= 0.6 is 11.6 Å². The molecule has 0 radical (unpaired) electrons. The molecule has 134 valence electrons. The molecule has 2 atom stereocenters. The number of aliphatic hydroxyl groups excluding tert-OH is 1. The molecule has 0 aromatic heterocycles. The Morgan fingerprint density at radius 1 is 1.20 bits per heavy atom. The molecule has 2 aromatic carbocycles. The van der Waals surface area contributed by atoms with E-state index in [0.717, 1.165) is 16.7 Å². The fourth-order valence-corrected chi connectivity index (χ4v) is 2.71. The molecule has 2 aromatic rings. The van der Waals surface area contributed by atoms with Crippen LogP contribution in [0.4, 0.5) is 0 Å². The molecule has 0 aliphatic heterocycles. The number of hydrogen-bond donors (Lipinski definition) is 1. The summed E-state index contributed by atoms with van der Waals surface area (Å²) in [6.07, 6.45) is -0.754. The maximum Gasteiger partial charge on any atom is 0.260 e. The number of benzene rings is 2. The highest BCUT2D eigenvalue weighted by Gasteiger charge is 2.24. The Kier molecular flexibility index (Phi) is 6.45. The number of ether oxygens (including phenoxy) is 1. The summed E-state index contributed by atoms with van der Waals surface area (Å²) < 4.78 is 5.61. The van der Waals surface area contributed by atoms with Gasteiger partial charge in [0.2, 0.25) is 0 Å². The van der Waals surface area contributed by atoms with Crippen molar-refractivity contribution in [3.63, 3.8) is 0 Å². The molecule has 0 fully saturated rings. The standard InChI is InChI=1S/C20H24ClNO3/c1-13-10-17(11-14(2)19(13)21)25-12-18(23)22(4)15(3)20(24)16-8-6-5-7-9-16/h5-11,15,20,24H,12H2,1-4H3. The van der Waals surface area contributed by atoms with E-state index in [1.54, 1.807) is 7.05 Å². The summed E-state index contributed by atoms with van der Waals surface area (Å²) in [7, 11) is 1.67. The first-order valence-corrected chi connectivity index (χ1v) is 8.57. The summed E-state index contributed by atoms with van der Waals surface area (Å²) in [6, 6.07) is 12.6. The van der Waals surface area contributed by atoms with Crippen LogP contribution in [0.2, 0.25) is 5.02 Å². The van der Waals surface area contributed by atoms with Crippen molar-refractivity contribution in [3.05, 3.63) is 64.2 Å². The van der Waals surface area contributed by atoms with Gasteiger partial charge < -0.3 is 14.7 Å². The van der Waals surface area contributed by atoms with Gasteiger partial charge >= 0.3 is 0 Å². The van der Waals surface area contributed by atoms with Gasteiger partial charge in [-0.1, -0.05) is 41.9 Å². The molecule has 4 nitrogen and oxygen atoms in total. The van der Waals surface area contributed by atoms with E-state index in [4.69, 9.17) is 16.3 Å². The highest BCUT2D eigenvalue weighted by atomic mass is 35.5. The second kappa shape index (κ2) is 8.37. The first kappa shape index (κ1) is 19.3. The minimum atomic E-state index is -0.754. The van der Waals surface area contributed by atoms with Crippen LogP contribution in [-0.2, 0) is 4.79 Å². The molecule has 0 spiro atoms. The molecule has 5 heteroatoms. The molecular formula is C20H24ClNO3. The van der Waals surface area contributed by atoms with Crippen molar-refractivity contribution in [3.8, 4) is 5.75 Å². The molecule has 0 saturated carbocycles. The van der Waals surface area contributed by atoms with Gasteiger partial charge in [0.1, 0.15) is 5.75 Å². The second-order valence-corrected chi connectivity index (χ2v) is 6.64. The fourth-order valence-electron chi connectivity index (χ4n) is 2.60. The van der Waals surface area contributed by atoms with Gasteiger partial charge in [-0.05, 0) is 49.6 Å². The lowest BCUT2D eigenvalue weighted by Gasteiger charge is -2.29.